The second-order valence-electron chi connectivity index (χ2n) is 14.4. The second kappa shape index (κ2) is 12.0. The fourth-order valence-electron chi connectivity index (χ4n) is 8.82. The van der Waals surface area contributed by atoms with Crippen LogP contribution in [-0.4, -0.2) is 9.13 Å². The van der Waals surface area contributed by atoms with E-state index in [1.807, 2.05) is 12.1 Å². The van der Waals surface area contributed by atoms with Crippen LogP contribution >= 0.6 is 0 Å². The van der Waals surface area contributed by atoms with Crippen LogP contribution < -0.4 is 10.6 Å². The summed E-state index contributed by atoms with van der Waals surface area (Å²) >= 11 is 0. The zero-order valence-electron chi connectivity index (χ0n) is 29.5. The van der Waals surface area contributed by atoms with E-state index in [1.54, 1.807) is 0 Å². The van der Waals surface area contributed by atoms with Crippen molar-refractivity contribution >= 4 is 55.0 Å². The molecule has 4 nitrogen and oxygen atoms in total. The summed E-state index contributed by atoms with van der Waals surface area (Å²) in [5.41, 5.74) is 20.6. The first-order chi connectivity index (χ1) is 26.7. The van der Waals surface area contributed by atoms with Gasteiger partial charge in [-0.3, -0.25) is 0 Å². The lowest BCUT2D eigenvalue weighted by molar-refractivity contribution is 0.772. The predicted octanol–water partition coefficient (Wildman–Crippen LogP) is 12.6. The van der Waals surface area contributed by atoms with Crippen molar-refractivity contribution in [2.75, 3.05) is 10.6 Å². The Morgan fingerprint density at radius 2 is 0.944 bits per heavy atom. The topological polar surface area (TPSA) is 38.9 Å². The molecule has 0 bridgehead atoms. The predicted molar refractivity (Wildman–Crippen MR) is 226 cm³/mol. The molecule has 2 N–H and O–H groups in total. The molecule has 1 saturated heterocycles. The summed E-state index contributed by atoms with van der Waals surface area (Å²) in [4.78, 5) is 2.48. The highest BCUT2D eigenvalue weighted by atomic mass is 15.5. The van der Waals surface area contributed by atoms with Crippen LogP contribution in [0.4, 0.5) is 11.4 Å². The van der Waals surface area contributed by atoms with E-state index in [2.05, 4.69) is 196 Å². The Morgan fingerprint density at radius 1 is 0.389 bits per heavy atom. The molecule has 256 valence electrons. The first-order valence-corrected chi connectivity index (χ1v) is 18.6. The van der Waals surface area contributed by atoms with Crippen molar-refractivity contribution in [2.24, 2.45) is 0 Å². The minimum Gasteiger partial charge on any atom is -0.397 e. The van der Waals surface area contributed by atoms with E-state index in [-0.39, 0.29) is 12.2 Å². The number of hydrogen-bond acceptors (Lipinski definition) is 2. The molecule has 1 aliphatic heterocycles. The maximum absolute atomic E-state index is 6.68. The first-order valence-electron chi connectivity index (χ1n) is 18.6. The molecule has 1 unspecified atom stereocenters. The minimum atomic E-state index is 0.0504. The van der Waals surface area contributed by atoms with Crippen molar-refractivity contribution in [2.45, 2.75) is 12.2 Å². The van der Waals surface area contributed by atoms with Crippen molar-refractivity contribution < 1.29 is 0 Å². The van der Waals surface area contributed by atoms with Crippen molar-refractivity contribution in [3.63, 3.8) is 0 Å². The lowest BCUT2D eigenvalue weighted by atomic mass is 9.99. The first kappa shape index (κ1) is 30.6. The normalized spacial score (nSPS) is 15.4. The number of rotatable bonds is 6. The Morgan fingerprint density at radius 3 is 1.70 bits per heavy atom. The fourth-order valence-corrected chi connectivity index (χ4v) is 8.82. The number of benzene rings is 8. The molecule has 4 heteroatoms. The second-order valence-corrected chi connectivity index (χ2v) is 14.4. The summed E-state index contributed by atoms with van der Waals surface area (Å²) in [5.74, 6) is 0. The molecular formula is C50H36N4. The van der Waals surface area contributed by atoms with E-state index in [0.717, 1.165) is 11.4 Å². The number of hydrogen-bond donors (Lipinski definition) is 1. The Hall–Kier alpha value is -7.04. The van der Waals surface area contributed by atoms with Gasteiger partial charge in [-0.15, -0.1) is 0 Å². The van der Waals surface area contributed by atoms with E-state index in [1.165, 1.54) is 77.1 Å². The molecular weight excluding hydrogens is 657 g/mol. The summed E-state index contributed by atoms with van der Waals surface area (Å²) in [6.07, 6.45) is 0.0504. The molecule has 0 amide bonds. The Kier molecular flexibility index (Phi) is 6.80. The number of nitrogens with zero attached hydrogens (tertiary/aromatic N) is 3. The average Bonchev–Trinajstić information content (AvgIpc) is 3.75. The molecule has 54 heavy (non-hydrogen) atoms. The van der Waals surface area contributed by atoms with E-state index < -0.39 is 0 Å². The van der Waals surface area contributed by atoms with Gasteiger partial charge in [0.15, 0.2) is 0 Å². The molecule has 10 aromatic rings. The number of para-hydroxylation sites is 4. The van der Waals surface area contributed by atoms with Crippen molar-refractivity contribution in [3.8, 4) is 27.9 Å². The van der Waals surface area contributed by atoms with E-state index >= 15 is 0 Å². The number of nitrogen functional groups attached to an aromatic ring is 1. The molecule has 3 heterocycles. The van der Waals surface area contributed by atoms with Gasteiger partial charge in [0.05, 0.1) is 39.5 Å². The average molecular weight is 693 g/mol. The standard InChI is InChI=1S/C50H36N4/c51-43-21-11-13-23-47(43)54-49(34-16-6-2-7-17-34)50(54)53-46-29-26-36(31-42(46)40-27-24-37(32-48(40)53)33-14-4-1-5-15-33)35-25-28-45-41(30-35)39-20-10-12-22-44(39)52(45)38-18-8-3-9-19-38/h1-32,49-50H,51H2/t49?,50-,54?/m0/s1. The monoisotopic (exact) mass is 692 g/mol. The SMILES string of the molecule is Nc1ccccc1N1C(c2ccccc2)[C@H]1n1c2ccc(-c3ccc4c(c3)c3ccccc3n4-c3ccccc3)cc2c2ccc(-c3ccccc3)cc21. The molecule has 2 aromatic heterocycles. The maximum Gasteiger partial charge on any atom is 0.132 e. The quantitative estimate of drug-likeness (QED) is 0.139. The maximum atomic E-state index is 6.68. The summed E-state index contributed by atoms with van der Waals surface area (Å²) in [7, 11) is 0. The van der Waals surface area contributed by atoms with Gasteiger partial charge in [-0.25, -0.2) is 0 Å². The van der Waals surface area contributed by atoms with Crippen molar-refractivity contribution in [1.82, 2.24) is 9.13 Å². The molecule has 11 rings (SSSR count). The number of fused-ring (bicyclic) bond motifs is 6. The smallest absolute Gasteiger partial charge is 0.132 e. The summed E-state index contributed by atoms with van der Waals surface area (Å²) in [6, 6.07) is 70.2. The van der Waals surface area contributed by atoms with Crippen LogP contribution in [0.15, 0.2) is 194 Å². The molecule has 1 aliphatic rings. The van der Waals surface area contributed by atoms with Gasteiger partial charge in [0.2, 0.25) is 0 Å². The van der Waals surface area contributed by atoms with Gasteiger partial charge in [0, 0.05) is 27.2 Å². The number of aromatic nitrogens is 2. The largest absolute Gasteiger partial charge is 0.397 e. The Balaban J connectivity index is 1.12. The molecule has 0 radical (unpaired) electrons. The third-order valence-corrected chi connectivity index (χ3v) is 11.3. The highest BCUT2D eigenvalue weighted by molar-refractivity contribution is 6.13. The lowest BCUT2D eigenvalue weighted by Crippen LogP contribution is -2.04. The number of anilines is 2. The van der Waals surface area contributed by atoms with Crippen LogP contribution in [0.3, 0.4) is 0 Å². The van der Waals surface area contributed by atoms with Crippen LogP contribution in [0.2, 0.25) is 0 Å². The zero-order valence-corrected chi connectivity index (χ0v) is 29.5. The zero-order chi connectivity index (χ0) is 35.8. The van der Waals surface area contributed by atoms with Crippen LogP contribution in [0.5, 0.6) is 0 Å². The molecule has 0 aliphatic carbocycles. The van der Waals surface area contributed by atoms with Crippen LogP contribution in [-0.2, 0) is 0 Å². The molecule has 0 spiro atoms. The van der Waals surface area contributed by atoms with Crippen molar-refractivity contribution in [3.05, 3.63) is 200 Å². The third kappa shape index (κ3) is 4.70. The van der Waals surface area contributed by atoms with Gasteiger partial charge in [0.25, 0.3) is 0 Å². The van der Waals surface area contributed by atoms with Crippen LogP contribution in [0.1, 0.15) is 17.8 Å². The van der Waals surface area contributed by atoms with Gasteiger partial charge in [-0.1, -0.05) is 133 Å². The summed E-state index contributed by atoms with van der Waals surface area (Å²) in [6.45, 7) is 0. The van der Waals surface area contributed by atoms with Crippen LogP contribution in [0, 0.1) is 0 Å². The molecule has 1 fully saturated rings. The number of nitrogens with two attached hydrogens (primary N) is 1. The van der Waals surface area contributed by atoms with E-state index in [4.69, 9.17) is 5.73 Å². The van der Waals surface area contributed by atoms with Gasteiger partial charge in [-0.2, -0.15) is 0 Å². The minimum absolute atomic E-state index is 0.0504. The van der Waals surface area contributed by atoms with Gasteiger partial charge in [0.1, 0.15) is 6.17 Å². The van der Waals surface area contributed by atoms with E-state index in [9.17, 15) is 0 Å². The summed E-state index contributed by atoms with van der Waals surface area (Å²) in [5, 5.41) is 4.99. The highest BCUT2D eigenvalue weighted by Crippen LogP contribution is 2.58. The Labute approximate surface area is 313 Å². The highest BCUT2D eigenvalue weighted by Gasteiger charge is 2.51. The van der Waals surface area contributed by atoms with Gasteiger partial charge in [-0.05, 0) is 88.5 Å². The molecule has 2 atom stereocenters. The fraction of sp³-hybridized carbons (Fsp3) is 0.0400. The lowest BCUT2D eigenvalue weighted by Gasteiger charge is -2.12. The molecule has 8 aromatic carbocycles. The van der Waals surface area contributed by atoms with E-state index in [0.29, 0.717) is 0 Å². The van der Waals surface area contributed by atoms with Crippen LogP contribution in [0.25, 0.3) is 71.6 Å². The van der Waals surface area contributed by atoms with Gasteiger partial charge >= 0.3 is 0 Å². The summed E-state index contributed by atoms with van der Waals surface area (Å²) < 4.78 is 4.93. The van der Waals surface area contributed by atoms with Crippen molar-refractivity contribution in [1.29, 1.82) is 0 Å². The molecule has 0 saturated carbocycles. The Bertz CT molecular complexity index is 3010. The third-order valence-electron chi connectivity index (χ3n) is 11.3. The van der Waals surface area contributed by atoms with Gasteiger partial charge < -0.3 is 19.8 Å².